The summed E-state index contributed by atoms with van der Waals surface area (Å²) in [5.41, 5.74) is 3.98. The van der Waals surface area contributed by atoms with E-state index in [1.807, 2.05) is 55.5 Å². The van der Waals surface area contributed by atoms with Crippen molar-refractivity contribution < 1.29 is 4.79 Å². The van der Waals surface area contributed by atoms with Gasteiger partial charge in [0.2, 0.25) is 0 Å². The average molecular weight is 382 g/mol. The van der Waals surface area contributed by atoms with Crippen molar-refractivity contribution in [3.63, 3.8) is 0 Å². The Labute approximate surface area is 162 Å². The summed E-state index contributed by atoms with van der Waals surface area (Å²) in [5, 5.41) is 6.19. The zero-order valence-electron chi connectivity index (χ0n) is 15.9. The molecule has 0 saturated heterocycles. The van der Waals surface area contributed by atoms with Crippen LogP contribution in [-0.2, 0) is 20.0 Å². The van der Waals surface area contributed by atoms with Crippen LogP contribution < -0.4 is 4.90 Å². The number of carbonyl (C=O) groups is 1. The molecule has 0 unspecified atom stereocenters. The summed E-state index contributed by atoms with van der Waals surface area (Å²) < 4.78 is 1.75. The second-order valence-corrected chi connectivity index (χ2v) is 7.92. The fourth-order valence-electron chi connectivity index (χ4n) is 3.34. The molecule has 0 saturated carbocycles. The van der Waals surface area contributed by atoms with Gasteiger partial charge in [-0.05, 0) is 23.9 Å². The van der Waals surface area contributed by atoms with Gasteiger partial charge in [-0.25, -0.2) is 9.97 Å². The Balaban J connectivity index is 1.70. The lowest BCUT2D eigenvalue weighted by atomic mass is 10.0. The van der Waals surface area contributed by atoms with Crippen molar-refractivity contribution in [3.8, 4) is 11.4 Å². The van der Waals surface area contributed by atoms with E-state index in [4.69, 9.17) is 9.97 Å². The van der Waals surface area contributed by atoms with Gasteiger partial charge in [0, 0.05) is 45.9 Å². The Morgan fingerprint density at radius 3 is 2.74 bits per heavy atom. The van der Waals surface area contributed by atoms with Crippen LogP contribution in [0.3, 0.4) is 0 Å². The topological polar surface area (TPSA) is 67.2 Å². The largest absolute Gasteiger partial charge is 0.362 e. The Kier molecular flexibility index (Phi) is 4.43. The molecule has 1 amide bonds. The van der Waals surface area contributed by atoms with Crippen molar-refractivity contribution in [2.75, 3.05) is 25.5 Å². The number of aromatic nitrogens is 4. The van der Waals surface area contributed by atoms with Gasteiger partial charge in [-0.3, -0.25) is 9.48 Å². The standard InChI is InChI=1S/C19H22N6OS/c1-12-6-8-27-16(12)19(26)25-7-5-15-14(11-25)18(23(2)3)22-17(21-15)13-9-20-24(4)10-13/h6,8-10H,5,7,11H2,1-4H3. The van der Waals surface area contributed by atoms with E-state index in [1.165, 1.54) is 11.3 Å². The Hall–Kier alpha value is -2.74. The van der Waals surface area contributed by atoms with Gasteiger partial charge in [-0.1, -0.05) is 0 Å². The van der Waals surface area contributed by atoms with Crippen LogP contribution >= 0.6 is 11.3 Å². The maximum absolute atomic E-state index is 12.9. The lowest BCUT2D eigenvalue weighted by Crippen LogP contribution is -2.37. The highest BCUT2D eigenvalue weighted by Crippen LogP contribution is 2.30. The van der Waals surface area contributed by atoms with Crippen LogP contribution in [0, 0.1) is 6.92 Å². The molecule has 0 fully saturated rings. The van der Waals surface area contributed by atoms with E-state index in [2.05, 4.69) is 5.10 Å². The van der Waals surface area contributed by atoms with Gasteiger partial charge < -0.3 is 9.80 Å². The fraction of sp³-hybridized carbons (Fsp3) is 0.368. The monoisotopic (exact) mass is 382 g/mol. The number of thiophene rings is 1. The summed E-state index contributed by atoms with van der Waals surface area (Å²) in [6.45, 7) is 3.18. The molecule has 1 aliphatic heterocycles. The molecule has 0 bridgehead atoms. The zero-order chi connectivity index (χ0) is 19.1. The summed E-state index contributed by atoms with van der Waals surface area (Å²) in [7, 11) is 5.82. The maximum Gasteiger partial charge on any atom is 0.264 e. The molecule has 4 rings (SSSR count). The van der Waals surface area contributed by atoms with Crippen LogP contribution in [0.15, 0.2) is 23.8 Å². The lowest BCUT2D eigenvalue weighted by Gasteiger charge is -2.31. The Morgan fingerprint density at radius 1 is 1.30 bits per heavy atom. The first-order valence-corrected chi connectivity index (χ1v) is 9.71. The normalized spacial score (nSPS) is 13.6. The first-order chi connectivity index (χ1) is 12.9. The molecular weight excluding hydrogens is 360 g/mol. The average Bonchev–Trinajstić information content (AvgIpc) is 3.27. The molecule has 1 aliphatic rings. The van der Waals surface area contributed by atoms with E-state index in [0.717, 1.165) is 39.5 Å². The summed E-state index contributed by atoms with van der Waals surface area (Å²) in [5.74, 6) is 1.63. The molecule has 0 aliphatic carbocycles. The lowest BCUT2D eigenvalue weighted by molar-refractivity contribution is 0.0738. The van der Waals surface area contributed by atoms with Gasteiger partial charge in [0.25, 0.3) is 5.91 Å². The highest BCUT2D eigenvalue weighted by Gasteiger charge is 2.28. The Morgan fingerprint density at radius 2 is 2.11 bits per heavy atom. The highest BCUT2D eigenvalue weighted by atomic mass is 32.1. The number of hydrogen-bond acceptors (Lipinski definition) is 6. The van der Waals surface area contributed by atoms with E-state index < -0.39 is 0 Å². The number of aryl methyl sites for hydroxylation is 2. The third-order valence-electron chi connectivity index (χ3n) is 4.77. The first-order valence-electron chi connectivity index (χ1n) is 8.83. The van der Waals surface area contributed by atoms with Gasteiger partial charge in [-0.15, -0.1) is 11.3 Å². The minimum Gasteiger partial charge on any atom is -0.362 e. The molecule has 3 aromatic heterocycles. The summed E-state index contributed by atoms with van der Waals surface area (Å²) in [4.78, 5) is 27.2. The van der Waals surface area contributed by atoms with E-state index in [9.17, 15) is 4.79 Å². The molecule has 0 spiro atoms. The minimum absolute atomic E-state index is 0.0918. The molecule has 4 heterocycles. The number of rotatable bonds is 3. The van der Waals surface area contributed by atoms with Crippen molar-refractivity contribution in [3.05, 3.63) is 45.5 Å². The molecule has 3 aromatic rings. The molecule has 7 nitrogen and oxygen atoms in total. The van der Waals surface area contributed by atoms with Crippen LogP contribution in [0.4, 0.5) is 5.82 Å². The van der Waals surface area contributed by atoms with E-state index in [1.54, 1.807) is 10.9 Å². The SMILES string of the molecule is Cc1ccsc1C(=O)N1CCc2nc(-c3cnn(C)c3)nc(N(C)C)c2C1. The number of carbonyl (C=O) groups excluding carboxylic acids is 1. The van der Waals surface area contributed by atoms with Crippen LogP contribution in [0.25, 0.3) is 11.4 Å². The molecule has 8 heteroatoms. The molecule has 140 valence electrons. The first kappa shape index (κ1) is 17.7. The number of fused-ring (bicyclic) bond motifs is 1. The molecule has 0 N–H and O–H groups in total. The van der Waals surface area contributed by atoms with Crippen LogP contribution in [0.1, 0.15) is 26.5 Å². The van der Waals surface area contributed by atoms with Crippen molar-refractivity contribution in [1.82, 2.24) is 24.6 Å². The van der Waals surface area contributed by atoms with Crippen LogP contribution in [0.2, 0.25) is 0 Å². The Bertz CT molecular complexity index is 1010. The predicted molar refractivity (Wildman–Crippen MR) is 106 cm³/mol. The summed E-state index contributed by atoms with van der Waals surface area (Å²) in [6, 6.07) is 1.99. The second kappa shape index (κ2) is 6.77. The number of anilines is 1. The molecule has 27 heavy (non-hydrogen) atoms. The van der Waals surface area contributed by atoms with E-state index in [0.29, 0.717) is 18.9 Å². The fourth-order valence-corrected chi connectivity index (χ4v) is 4.23. The van der Waals surface area contributed by atoms with Crippen molar-refractivity contribution >= 4 is 23.1 Å². The van der Waals surface area contributed by atoms with Gasteiger partial charge in [-0.2, -0.15) is 5.10 Å². The molecule has 0 atom stereocenters. The quantitative estimate of drug-likeness (QED) is 0.696. The van der Waals surface area contributed by atoms with E-state index in [-0.39, 0.29) is 5.91 Å². The maximum atomic E-state index is 12.9. The highest BCUT2D eigenvalue weighted by molar-refractivity contribution is 7.12. The van der Waals surface area contributed by atoms with Crippen molar-refractivity contribution in [1.29, 1.82) is 0 Å². The van der Waals surface area contributed by atoms with Gasteiger partial charge in [0.15, 0.2) is 5.82 Å². The summed E-state index contributed by atoms with van der Waals surface area (Å²) in [6.07, 6.45) is 4.42. The van der Waals surface area contributed by atoms with E-state index >= 15 is 0 Å². The third kappa shape index (κ3) is 3.21. The minimum atomic E-state index is 0.0918. The van der Waals surface area contributed by atoms with Crippen LogP contribution in [-0.4, -0.2) is 51.2 Å². The smallest absolute Gasteiger partial charge is 0.264 e. The van der Waals surface area contributed by atoms with Gasteiger partial charge in [0.1, 0.15) is 5.82 Å². The second-order valence-electron chi connectivity index (χ2n) is 7.00. The van der Waals surface area contributed by atoms with Crippen LogP contribution in [0.5, 0.6) is 0 Å². The molecular formula is C19H22N6OS. The summed E-state index contributed by atoms with van der Waals surface area (Å²) >= 11 is 1.50. The van der Waals surface area contributed by atoms with Crippen molar-refractivity contribution in [2.45, 2.75) is 19.9 Å². The third-order valence-corrected chi connectivity index (χ3v) is 5.77. The molecule has 0 aromatic carbocycles. The number of nitrogens with zero attached hydrogens (tertiary/aromatic N) is 6. The van der Waals surface area contributed by atoms with Gasteiger partial charge in [0.05, 0.1) is 28.9 Å². The van der Waals surface area contributed by atoms with Gasteiger partial charge >= 0.3 is 0 Å². The number of hydrogen-bond donors (Lipinski definition) is 0. The predicted octanol–water partition coefficient (Wildman–Crippen LogP) is 2.51. The van der Waals surface area contributed by atoms with Crippen molar-refractivity contribution in [2.24, 2.45) is 7.05 Å². The number of amides is 1. The molecule has 0 radical (unpaired) electrons. The zero-order valence-corrected chi connectivity index (χ0v) is 16.7.